The van der Waals surface area contributed by atoms with Gasteiger partial charge in [0.2, 0.25) is 0 Å². The van der Waals surface area contributed by atoms with Crippen LogP contribution < -0.4 is 0 Å². The summed E-state index contributed by atoms with van der Waals surface area (Å²) in [4.78, 5) is 13.4. The smallest absolute Gasteiger partial charge is 0.377 e. The van der Waals surface area contributed by atoms with Crippen LogP contribution in [0.1, 0.15) is 11.1 Å². The van der Waals surface area contributed by atoms with Crippen LogP contribution in [0.3, 0.4) is 0 Å². The van der Waals surface area contributed by atoms with Crippen molar-refractivity contribution in [2.45, 2.75) is 12.0 Å². The van der Waals surface area contributed by atoms with Crippen molar-refractivity contribution < 1.29 is 23.8 Å². The quantitative estimate of drug-likeness (QED) is 0.845. The Kier molecular flexibility index (Phi) is 3.03. The van der Waals surface area contributed by atoms with E-state index < -0.39 is 23.0 Å². The molecule has 14 heavy (non-hydrogen) atoms. The second-order valence-electron chi connectivity index (χ2n) is 2.33. The molecule has 0 aliphatic heterocycles. The summed E-state index contributed by atoms with van der Waals surface area (Å²) in [5.74, 6) is -6.67. The van der Waals surface area contributed by atoms with Gasteiger partial charge >= 0.3 is 11.9 Å². The summed E-state index contributed by atoms with van der Waals surface area (Å²) in [6.45, 7) is 0. The minimum atomic E-state index is -4.26. The van der Waals surface area contributed by atoms with Crippen LogP contribution >= 0.6 is 22.9 Å². The molecule has 0 spiro atoms. The largest absolute Gasteiger partial charge is 0.477 e. The van der Waals surface area contributed by atoms with E-state index in [0.717, 1.165) is 6.20 Å². The number of aliphatic hydroxyl groups is 1. The predicted octanol–water partition coefficient (Wildman–Crippen LogP) is 1.55. The molecule has 0 fully saturated rings. The third-order valence-corrected chi connectivity index (χ3v) is 2.53. The van der Waals surface area contributed by atoms with E-state index in [1.807, 2.05) is 0 Å². The van der Waals surface area contributed by atoms with E-state index in [0.29, 0.717) is 11.3 Å². The Hall–Kier alpha value is -0.790. The Bertz CT molecular complexity index is 357. The fourth-order valence-corrected chi connectivity index (χ4v) is 1.62. The summed E-state index contributed by atoms with van der Waals surface area (Å²) >= 11 is 5.99. The Labute approximate surface area is 85.8 Å². The van der Waals surface area contributed by atoms with Crippen molar-refractivity contribution in [1.82, 2.24) is 4.98 Å². The fraction of sp³-hybridized carbons (Fsp3) is 0.333. The fourth-order valence-electron chi connectivity index (χ4n) is 0.665. The monoisotopic (exact) mass is 243 g/mol. The standard InChI is InChI=1S/C6H4ClF2NO3S/c7-2-1-10-4(14-2)3(11)6(8,9)5(12)13/h1,3,11H,(H,12,13). The van der Waals surface area contributed by atoms with Crippen molar-refractivity contribution in [2.75, 3.05) is 0 Å². The molecule has 8 heteroatoms. The van der Waals surface area contributed by atoms with E-state index in [1.54, 1.807) is 0 Å². The van der Waals surface area contributed by atoms with E-state index in [4.69, 9.17) is 21.8 Å². The van der Waals surface area contributed by atoms with E-state index >= 15 is 0 Å². The number of aliphatic carboxylic acids is 1. The molecule has 0 aliphatic rings. The number of hydrogen-bond donors (Lipinski definition) is 2. The first-order chi connectivity index (χ1) is 6.35. The van der Waals surface area contributed by atoms with Crippen LogP contribution in [-0.2, 0) is 4.79 Å². The van der Waals surface area contributed by atoms with Crippen molar-refractivity contribution in [1.29, 1.82) is 0 Å². The molecule has 2 N–H and O–H groups in total. The zero-order valence-electron chi connectivity index (χ0n) is 6.45. The number of carboxylic acids is 1. The molecule has 0 bridgehead atoms. The Balaban J connectivity index is 2.95. The van der Waals surface area contributed by atoms with Gasteiger partial charge in [0.05, 0.1) is 6.20 Å². The number of halogens is 3. The topological polar surface area (TPSA) is 70.4 Å². The van der Waals surface area contributed by atoms with Crippen LogP contribution in [0.15, 0.2) is 6.20 Å². The van der Waals surface area contributed by atoms with Gasteiger partial charge in [0.1, 0.15) is 9.34 Å². The van der Waals surface area contributed by atoms with Crippen molar-refractivity contribution >= 4 is 28.9 Å². The molecular weight excluding hydrogens is 240 g/mol. The molecule has 4 nitrogen and oxygen atoms in total. The van der Waals surface area contributed by atoms with Gasteiger partial charge in [0.25, 0.3) is 0 Å². The maximum absolute atomic E-state index is 12.7. The van der Waals surface area contributed by atoms with Gasteiger partial charge < -0.3 is 10.2 Å². The van der Waals surface area contributed by atoms with Gasteiger partial charge in [-0.15, -0.1) is 11.3 Å². The molecule has 1 heterocycles. The average molecular weight is 244 g/mol. The van der Waals surface area contributed by atoms with Gasteiger partial charge in [-0.3, -0.25) is 0 Å². The number of rotatable bonds is 3. The highest BCUT2D eigenvalue weighted by Crippen LogP contribution is 2.34. The second-order valence-corrected chi connectivity index (χ2v) is 4.03. The number of aromatic nitrogens is 1. The molecule has 0 aromatic carbocycles. The number of aliphatic hydroxyl groups excluding tert-OH is 1. The first kappa shape index (κ1) is 11.3. The summed E-state index contributed by atoms with van der Waals surface area (Å²) in [5.41, 5.74) is 0. The molecule has 0 amide bonds. The normalized spacial score (nSPS) is 14.0. The summed E-state index contributed by atoms with van der Waals surface area (Å²) in [6.07, 6.45) is -1.42. The Morgan fingerprint density at radius 1 is 1.71 bits per heavy atom. The second kappa shape index (κ2) is 3.76. The molecule has 0 saturated heterocycles. The van der Waals surface area contributed by atoms with Crippen molar-refractivity contribution in [3.63, 3.8) is 0 Å². The molecule has 1 aromatic rings. The number of carbonyl (C=O) groups is 1. The molecule has 1 atom stereocenters. The summed E-state index contributed by atoms with van der Waals surface area (Å²) in [7, 11) is 0. The van der Waals surface area contributed by atoms with Gasteiger partial charge in [0, 0.05) is 0 Å². The molecule has 0 radical (unpaired) electrons. The molecule has 0 aliphatic carbocycles. The van der Waals surface area contributed by atoms with Gasteiger partial charge in [-0.1, -0.05) is 11.6 Å². The molecule has 78 valence electrons. The molecule has 1 aromatic heterocycles. The summed E-state index contributed by atoms with van der Waals surface area (Å²) in [6, 6.07) is 0. The lowest BCUT2D eigenvalue weighted by atomic mass is 10.2. The molecule has 1 rings (SSSR count). The average Bonchev–Trinajstić information content (AvgIpc) is 2.50. The maximum Gasteiger partial charge on any atom is 0.377 e. The van der Waals surface area contributed by atoms with Crippen LogP contribution in [0.25, 0.3) is 0 Å². The highest BCUT2D eigenvalue weighted by Gasteiger charge is 2.49. The number of carboxylic acid groups (broad SMARTS) is 1. The number of alkyl halides is 2. The van der Waals surface area contributed by atoms with Crippen LogP contribution in [0.5, 0.6) is 0 Å². The summed E-state index contributed by atoms with van der Waals surface area (Å²) in [5, 5.41) is 16.7. The lowest BCUT2D eigenvalue weighted by Crippen LogP contribution is -2.35. The SMILES string of the molecule is O=C(O)C(F)(F)C(O)c1ncc(Cl)s1. The third-order valence-electron chi connectivity index (χ3n) is 1.36. The van der Waals surface area contributed by atoms with Gasteiger partial charge in [0.15, 0.2) is 6.10 Å². The predicted molar refractivity (Wildman–Crippen MR) is 44.7 cm³/mol. The maximum atomic E-state index is 12.7. The highest BCUT2D eigenvalue weighted by atomic mass is 35.5. The van der Waals surface area contributed by atoms with E-state index in [2.05, 4.69) is 4.98 Å². The van der Waals surface area contributed by atoms with Gasteiger partial charge in [-0.2, -0.15) is 8.78 Å². The first-order valence-electron chi connectivity index (χ1n) is 3.26. The van der Waals surface area contributed by atoms with Gasteiger partial charge in [-0.25, -0.2) is 9.78 Å². The Morgan fingerprint density at radius 3 is 2.64 bits per heavy atom. The summed E-state index contributed by atoms with van der Waals surface area (Å²) < 4.78 is 25.5. The number of thiazole rings is 1. The number of nitrogens with zero attached hydrogens (tertiary/aromatic N) is 1. The van der Waals surface area contributed by atoms with Crippen molar-refractivity contribution in [2.24, 2.45) is 0 Å². The zero-order chi connectivity index (χ0) is 10.9. The molecule has 0 saturated carbocycles. The van der Waals surface area contributed by atoms with E-state index in [1.165, 1.54) is 0 Å². The van der Waals surface area contributed by atoms with Crippen LogP contribution in [-0.4, -0.2) is 27.1 Å². The van der Waals surface area contributed by atoms with E-state index in [9.17, 15) is 13.6 Å². The third kappa shape index (κ3) is 1.99. The van der Waals surface area contributed by atoms with Gasteiger partial charge in [-0.05, 0) is 0 Å². The van der Waals surface area contributed by atoms with Crippen LogP contribution in [0.4, 0.5) is 8.78 Å². The first-order valence-corrected chi connectivity index (χ1v) is 4.45. The molecular formula is C6H4ClF2NO3S. The lowest BCUT2D eigenvalue weighted by molar-refractivity contribution is -0.182. The highest BCUT2D eigenvalue weighted by molar-refractivity contribution is 7.15. The van der Waals surface area contributed by atoms with Crippen molar-refractivity contribution in [3.8, 4) is 0 Å². The van der Waals surface area contributed by atoms with Crippen LogP contribution in [0.2, 0.25) is 4.34 Å². The molecule has 1 unspecified atom stereocenters. The minimum Gasteiger partial charge on any atom is -0.477 e. The van der Waals surface area contributed by atoms with Crippen molar-refractivity contribution in [3.05, 3.63) is 15.5 Å². The minimum absolute atomic E-state index is 0.0974. The zero-order valence-corrected chi connectivity index (χ0v) is 8.02. The lowest BCUT2D eigenvalue weighted by Gasteiger charge is -2.15. The van der Waals surface area contributed by atoms with Crippen LogP contribution in [0, 0.1) is 0 Å². The van der Waals surface area contributed by atoms with E-state index in [-0.39, 0.29) is 4.34 Å². The Morgan fingerprint density at radius 2 is 2.29 bits per heavy atom. The number of hydrogen-bond acceptors (Lipinski definition) is 4.